The molecule has 94 valence electrons. The molecule has 1 aromatic heterocycles. The summed E-state index contributed by atoms with van der Waals surface area (Å²) < 4.78 is 0. The van der Waals surface area contributed by atoms with E-state index in [1.807, 2.05) is 46.0 Å². The Morgan fingerprint density at radius 1 is 1.41 bits per heavy atom. The molecule has 1 N–H and O–H groups in total. The van der Waals surface area contributed by atoms with Gasteiger partial charge in [0.1, 0.15) is 0 Å². The molecule has 0 aliphatic rings. The Kier molecular flexibility index (Phi) is 5.10. The number of aromatic nitrogens is 1. The summed E-state index contributed by atoms with van der Waals surface area (Å²) in [5.41, 5.74) is 0.951. The maximum absolute atomic E-state index is 11.8. The molecule has 0 spiro atoms. The molecule has 0 aromatic carbocycles. The minimum absolute atomic E-state index is 0.0840. The first-order valence-corrected chi connectivity index (χ1v) is 5.92. The summed E-state index contributed by atoms with van der Waals surface area (Å²) >= 11 is 0. The van der Waals surface area contributed by atoms with Crippen molar-refractivity contribution in [2.75, 3.05) is 13.6 Å². The van der Waals surface area contributed by atoms with Crippen molar-refractivity contribution < 1.29 is 4.79 Å². The van der Waals surface area contributed by atoms with Gasteiger partial charge < -0.3 is 10.2 Å². The molecule has 1 heterocycles. The fourth-order valence-corrected chi connectivity index (χ4v) is 1.39. The smallest absolute Gasteiger partial charge is 0.236 e. The first kappa shape index (κ1) is 13.6. The fourth-order valence-electron chi connectivity index (χ4n) is 1.39. The number of rotatable bonds is 5. The zero-order valence-corrected chi connectivity index (χ0v) is 11.0. The van der Waals surface area contributed by atoms with Gasteiger partial charge in [-0.2, -0.15) is 0 Å². The highest BCUT2D eigenvalue weighted by Gasteiger charge is 2.13. The topological polar surface area (TPSA) is 45.2 Å². The highest BCUT2D eigenvalue weighted by atomic mass is 16.2. The Balaban J connectivity index is 2.44. The molecular weight excluding hydrogens is 214 g/mol. The molecule has 4 heteroatoms. The molecule has 0 aliphatic heterocycles. The minimum atomic E-state index is 0.0840. The van der Waals surface area contributed by atoms with Gasteiger partial charge in [0.25, 0.3) is 0 Å². The number of likely N-dealkylation sites (N-methyl/N-ethyl adjacent to an activating group) is 1. The van der Waals surface area contributed by atoms with Gasteiger partial charge >= 0.3 is 0 Å². The molecule has 1 atom stereocenters. The quantitative estimate of drug-likeness (QED) is 0.843. The number of pyridine rings is 1. The number of amides is 1. The average molecular weight is 235 g/mol. The standard InChI is InChI=1S/C13H21N3O/c1-10(2)16(4)13(17)9-15-11(3)12-7-5-6-8-14-12/h5-8,10-11,15H,9H2,1-4H3/t11-/m0/s1. The lowest BCUT2D eigenvalue weighted by molar-refractivity contribution is -0.130. The zero-order chi connectivity index (χ0) is 12.8. The fraction of sp³-hybridized carbons (Fsp3) is 0.538. The van der Waals surface area contributed by atoms with E-state index in [1.165, 1.54) is 0 Å². The summed E-state index contributed by atoms with van der Waals surface area (Å²) in [5, 5.41) is 3.18. The molecule has 1 rings (SSSR count). The van der Waals surface area contributed by atoms with Crippen LogP contribution in [0.3, 0.4) is 0 Å². The second-order valence-corrected chi connectivity index (χ2v) is 4.46. The van der Waals surface area contributed by atoms with Crippen LogP contribution in [0.4, 0.5) is 0 Å². The highest BCUT2D eigenvalue weighted by Crippen LogP contribution is 2.07. The van der Waals surface area contributed by atoms with Gasteiger partial charge in [0, 0.05) is 25.3 Å². The summed E-state index contributed by atoms with van der Waals surface area (Å²) in [6.45, 7) is 6.34. The maximum Gasteiger partial charge on any atom is 0.236 e. The van der Waals surface area contributed by atoms with E-state index in [0.717, 1.165) is 5.69 Å². The largest absolute Gasteiger partial charge is 0.342 e. The second kappa shape index (κ2) is 6.35. The van der Waals surface area contributed by atoms with Crippen molar-refractivity contribution in [2.45, 2.75) is 32.9 Å². The molecule has 0 saturated carbocycles. The predicted octanol–water partition coefficient (Wildman–Crippen LogP) is 1.60. The minimum Gasteiger partial charge on any atom is -0.342 e. The van der Waals surface area contributed by atoms with Crippen molar-refractivity contribution in [3.63, 3.8) is 0 Å². The van der Waals surface area contributed by atoms with Gasteiger partial charge in [0.05, 0.1) is 12.2 Å². The van der Waals surface area contributed by atoms with Crippen molar-refractivity contribution in [2.24, 2.45) is 0 Å². The Bertz CT molecular complexity index is 351. The van der Waals surface area contributed by atoms with Crippen molar-refractivity contribution in [1.82, 2.24) is 15.2 Å². The molecule has 0 fully saturated rings. The second-order valence-electron chi connectivity index (χ2n) is 4.46. The SMILES string of the molecule is CC(C)N(C)C(=O)CN[C@@H](C)c1ccccn1. The molecule has 0 bridgehead atoms. The molecular formula is C13H21N3O. The van der Waals surface area contributed by atoms with Crippen LogP contribution >= 0.6 is 0 Å². The van der Waals surface area contributed by atoms with E-state index in [9.17, 15) is 4.79 Å². The van der Waals surface area contributed by atoms with Crippen LogP contribution in [0.1, 0.15) is 32.5 Å². The third-order valence-electron chi connectivity index (χ3n) is 2.86. The van der Waals surface area contributed by atoms with Gasteiger partial charge in [-0.25, -0.2) is 0 Å². The number of nitrogens with zero attached hydrogens (tertiary/aromatic N) is 2. The predicted molar refractivity (Wildman–Crippen MR) is 68.6 cm³/mol. The van der Waals surface area contributed by atoms with Crippen LogP contribution in [0.25, 0.3) is 0 Å². The van der Waals surface area contributed by atoms with E-state index >= 15 is 0 Å². The van der Waals surface area contributed by atoms with Gasteiger partial charge in [-0.3, -0.25) is 9.78 Å². The Labute approximate surface area is 103 Å². The number of carbonyl (C=O) groups is 1. The number of hydrogen-bond donors (Lipinski definition) is 1. The molecule has 4 nitrogen and oxygen atoms in total. The summed E-state index contributed by atoms with van der Waals surface area (Å²) in [5.74, 6) is 0.0998. The van der Waals surface area contributed by atoms with Crippen LogP contribution in [-0.4, -0.2) is 35.4 Å². The summed E-state index contributed by atoms with van der Waals surface area (Å²) in [6, 6.07) is 6.10. The number of nitrogens with one attached hydrogen (secondary N) is 1. The van der Waals surface area contributed by atoms with Crippen molar-refractivity contribution in [3.05, 3.63) is 30.1 Å². The summed E-state index contributed by atoms with van der Waals surface area (Å²) in [7, 11) is 1.82. The van der Waals surface area contributed by atoms with Gasteiger partial charge in [-0.05, 0) is 32.9 Å². The Morgan fingerprint density at radius 2 is 2.12 bits per heavy atom. The average Bonchev–Trinajstić information content (AvgIpc) is 2.35. The van der Waals surface area contributed by atoms with Crippen molar-refractivity contribution in [3.8, 4) is 0 Å². The van der Waals surface area contributed by atoms with Crippen LogP contribution in [0.15, 0.2) is 24.4 Å². The van der Waals surface area contributed by atoms with E-state index in [0.29, 0.717) is 6.54 Å². The lowest BCUT2D eigenvalue weighted by atomic mass is 10.2. The summed E-state index contributed by atoms with van der Waals surface area (Å²) in [4.78, 5) is 17.7. The van der Waals surface area contributed by atoms with Crippen LogP contribution < -0.4 is 5.32 Å². The number of carbonyl (C=O) groups excluding carboxylic acids is 1. The van der Waals surface area contributed by atoms with E-state index in [4.69, 9.17) is 0 Å². The Hall–Kier alpha value is -1.42. The molecule has 17 heavy (non-hydrogen) atoms. The first-order chi connectivity index (χ1) is 8.02. The van der Waals surface area contributed by atoms with E-state index < -0.39 is 0 Å². The third-order valence-corrected chi connectivity index (χ3v) is 2.86. The first-order valence-electron chi connectivity index (χ1n) is 5.92. The molecule has 0 aliphatic carbocycles. The number of hydrogen-bond acceptors (Lipinski definition) is 3. The van der Waals surface area contributed by atoms with E-state index in [2.05, 4.69) is 10.3 Å². The van der Waals surface area contributed by atoms with Crippen LogP contribution in [0.2, 0.25) is 0 Å². The maximum atomic E-state index is 11.8. The zero-order valence-electron chi connectivity index (χ0n) is 11.0. The van der Waals surface area contributed by atoms with Gasteiger partial charge in [0.15, 0.2) is 0 Å². The Morgan fingerprint density at radius 3 is 2.65 bits per heavy atom. The van der Waals surface area contributed by atoms with Gasteiger partial charge in [0.2, 0.25) is 5.91 Å². The van der Waals surface area contributed by atoms with Gasteiger partial charge in [-0.1, -0.05) is 6.07 Å². The van der Waals surface area contributed by atoms with Gasteiger partial charge in [-0.15, -0.1) is 0 Å². The van der Waals surface area contributed by atoms with Crippen LogP contribution in [0.5, 0.6) is 0 Å². The van der Waals surface area contributed by atoms with Crippen LogP contribution in [-0.2, 0) is 4.79 Å². The van der Waals surface area contributed by atoms with E-state index in [1.54, 1.807) is 11.1 Å². The molecule has 1 aromatic rings. The monoisotopic (exact) mass is 235 g/mol. The normalized spacial score (nSPS) is 12.5. The summed E-state index contributed by atoms with van der Waals surface area (Å²) in [6.07, 6.45) is 1.76. The highest BCUT2D eigenvalue weighted by molar-refractivity contribution is 5.78. The van der Waals surface area contributed by atoms with Crippen molar-refractivity contribution in [1.29, 1.82) is 0 Å². The van der Waals surface area contributed by atoms with Crippen LogP contribution in [0, 0.1) is 0 Å². The lowest BCUT2D eigenvalue weighted by Gasteiger charge is -2.22. The lowest BCUT2D eigenvalue weighted by Crippen LogP contribution is -2.40. The van der Waals surface area contributed by atoms with E-state index in [-0.39, 0.29) is 18.0 Å². The molecule has 0 radical (unpaired) electrons. The third kappa shape index (κ3) is 4.15. The molecule has 1 amide bonds. The molecule has 0 unspecified atom stereocenters. The van der Waals surface area contributed by atoms with Crippen molar-refractivity contribution >= 4 is 5.91 Å². The molecule has 0 saturated heterocycles.